The van der Waals surface area contributed by atoms with Gasteiger partial charge in [-0.3, -0.25) is 4.90 Å². The number of carboxylic acid groups (broad SMARTS) is 1. The van der Waals surface area contributed by atoms with Crippen LogP contribution < -0.4 is 5.32 Å². The predicted molar refractivity (Wildman–Crippen MR) is 64.6 cm³/mol. The van der Waals surface area contributed by atoms with Crippen molar-refractivity contribution in [1.82, 2.24) is 10.2 Å². The topological polar surface area (TPSA) is 74.9 Å². The fourth-order valence-corrected chi connectivity index (χ4v) is 1.86. The van der Waals surface area contributed by atoms with E-state index in [-0.39, 0.29) is 5.56 Å². The molecule has 0 radical (unpaired) electrons. The van der Waals surface area contributed by atoms with Crippen LogP contribution in [-0.4, -0.2) is 55.4 Å². The third-order valence-corrected chi connectivity index (χ3v) is 2.91. The third kappa shape index (κ3) is 3.83. The predicted octanol–water partition coefficient (Wildman–Crippen LogP) is 0.400. The molecule has 0 aliphatic carbocycles. The van der Waals surface area contributed by atoms with Crippen LogP contribution in [0.15, 0.2) is 16.7 Å². The van der Waals surface area contributed by atoms with Crippen LogP contribution in [0.4, 0.5) is 0 Å². The molecule has 6 nitrogen and oxygen atoms in total. The van der Waals surface area contributed by atoms with Gasteiger partial charge in [0.2, 0.25) is 0 Å². The van der Waals surface area contributed by atoms with Gasteiger partial charge in [-0.25, -0.2) is 4.79 Å². The van der Waals surface area contributed by atoms with Gasteiger partial charge < -0.3 is 19.6 Å². The van der Waals surface area contributed by atoms with E-state index in [1.54, 1.807) is 6.07 Å². The van der Waals surface area contributed by atoms with Crippen molar-refractivity contribution < 1.29 is 19.1 Å². The molecule has 0 saturated carbocycles. The summed E-state index contributed by atoms with van der Waals surface area (Å²) in [7, 11) is 0. The van der Waals surface area contributed by atoms with Crippen molar-refractivity contribution >= 4 is 5.97 Å². The number of nitrogens with zero attached hydrogens (tertiary/aromatic N) is 1. The first-order valence-corrected chi connectivity index (χ1v) is 6.07. The maximum absolute atomic E-state index is 10.7. The van der Waals surface area contributed by atoms with Gasteiger partial charge in [-0.1, -0.05) is 0 Å². The number of rotatable bonds is 6. The third-order valence-electron chi connectivity index (χ3n) is 2.91. The molecule has 18 heavy (non-hydrogen) atoms. The molecule has 1 aliphatic rings. The Hall–Kier alpha value is -1.37. The second kappa shape index (κ2) is 6.53. The molecule has 0 amide bonds. The van der Waals surface area contributed by atoms with E-state index in [2.05, 4.69) is 10.2 Å². The summed E-state index contributed by atoms with van der Waals surface area (Å²) in [5.41, 5.74) is 0.194. The second-order valence-corrected chi connectivity index (χ2v) is 4.24. The van der Waals surface area contributed by atoms with Crippen LogP contribution in [0.2, 0.25) is 0 Å². The number of ether oxygens (including phenoxy) is 1. The Labute approximate surface area is 106 Å². The van der Waals surface area contributed by atoms with Crippen molar-refractivity contribution in [2.75, 3.05) is 39.4 Å². The molecule has 1 aromatic rings. The lowest BCUT2D eigenvalue weighted by Gasteiger charge is -2.26. The first-order valence-electron chi connectivity index (χ1n) is 6.07. The molecule has 0 atom stereocenters. The molecular weight excluding hydrogens is 236 g/mol. The van der Waals surface area contributed by atoms with Crippen molar-refractivity contribution in [3.63, 3.8) is 0 Å². The van der Waals surface area contributed by atoms with Gasteiger partial charge in [0, 0.05) is 26.2 Å². The molecule has 2 heterocycles. The number of nitrogens with one attached hydrogen (secondary N) is 1. The smallest absolute Gasteiger partial charge is 0.338 e. The molecule has 1 aliphatic heterocycles. The minimum atomic E-state index is -0.960. The second-order valence-electron chi connectivity index (χ2n) is 4.24. The van der Waals surface area contributed by atoms with E-state index in [9.17, 15) is 4.79 Å². The number of hydrogen-bond acceptors (Lipinski definition) is 5. The largest absolute Gasteiger partial charge is 0.478 e. The molecule has 6 heteroatoms. The van der Waals surface area contributed by atoms with Crippen LogP contribution in [0.25, 0.3) is 0 Å². The first kappa shape index (κ1) is 13.1. The van der Waals surface area contributed by atoms with Crippen LogP contribution in [0.3, 0.4) is 0 Å². The van der Waals surface area contributed by atoms with E-state index in [0.29, 0.717) is 12.3 Å². The molecule has 0 unspecified atom stereocenters. The minimum Gasteiger partial charge on any atom is -0.478 e. The number of carbonyl (C=O) groups is 1. The normalized spacial score (nSPS) is 16.9. The van der Waals surface area contributed by atoms with Gasteiger partial charge in [0.1, 0.15) is 12.0 Å². The van der Waals surface area contributed by atoms with E-state index in [4.69, 9.17) is 14.3 Å². The lowest BCUT2D eigenvalue weighted by molar-refractivity contribution is 0.0383. The van der Waals surface area contributed by atoms with E-state index in [1.165, 1.54) is 6.26 Å². The maximum Gasteiger partial charge on any atom is 0.338 e. The van der Waals surface area contributed by atoms with E-state index < -0.39 is 5.97 Å². The molecule has 1 aromatic heterocycles. The molecule has 0 aromatic carbocycles. The summed E-state index contributed by atoms with van der Waals surface area (Å²) in [6.07, 6.45) is 1.27. The molecule has 2 rings (SSSR count). The highest BCUT2D eigenvalue weighted by Crippen LogP contribution is 2.07. The minimum absolute atomic E-state index is 0.194. The highest BCUT2D eigenvalue weighted by molar-refractivity contribution is 5.87. The molecule has 1 saturated heterocycles. The lowest BCUT2D eigenvalue weighted by atomic mass is 10.3. The maximum atomic E-state index is 10.7. The first-order chi connectivity index (χ1) is 8.75. The summed E-state index contributed by atoms with van der Waals surface area (Å²) in [6.45, 7) is 5.94. The van der Waals surface area contributed by atoms with Crippen molar-refractivity contribution in [3.05, 3.63) is 23.7 Å². The number of morpholine rings is 1. The molecule has 0 bridgehead atoms. The van der Waals surface area contributed by atoms with Gasteiger partial charge in [0.25, 0.3) is 0 Å². The van der Waals surface area contributed by atoms with Gasteiger partial charge in [-0.05, 0) is 6.07 Å². The summed E-state index contributed by atoms with van der Waals surface area (Å²) < 4.78 is 10.4. The Kier molecular flexibility index (Phi) is 4.74. The van der Waals surface area contributed by atoms with Gasteiger partial charge >= 0.3 is 5.97 Å². The fraction of sp³-hybridized carbons (Fsp3) is 0.583. The van der Waals surface area contributed by atoms with Crippen LogP contribution in [0.1, 0.15) is 16.1 Å². The molecule has 100 valence electrons. The van der Waals surface area contributed by atoms with Crippen LogP contribution in [0, 0.1) is 0 Å². The molecule has 2 N–H and O–H groups in total. The van der Waals surface area contributed by atoms with Crippen LogP contribution in [0.5, 0.6) is 0 Å². The van der Waals surface area contributed by atoms with E-state index >= 15 is 0 Å². The van der Waals surface area contributed by atoms with E-state index in [0.717, 1.165) is 39.4 Å². The quantitative estimate of drug-likeness (QED) is 0.716. The highest BCUT2D eigenvalue weighted by atomic mass is 16.5. The molecule has 1 fully saturated rings. The van der Waals surface area contributed by atoms with Gasteiger partial charge in [0.05, 0.1) is 25.3 Å². The summed E-state index contributed by atoms with van der Waals surface area (Å²) in [4.78, 5) is 13.0. The lowest BCUT2D eigenvalue weighted by Crippen LogP contribution is -2.40. The number of aromatic carboxylic acids is 1. The fourth-order valence-electron chi connectivity index (χ4n) is 1.86. The van der Waals surface area contributed by atoms with Crippen LogP contribution >= 0.6 is 0 Å². The zero-order chi connectivity index (χ0) is 12.8. The Morgan fingerprint density at radius 1 is 1.44 bits per heavy atom. The summed E-state index contributed by atoms with van der Waals surface area (Å²) in [5, 5.41) is 12.0. The van der Waals surface area contributed by atoms with Crippen molar-refractivity contribution in [2.45, 2.75) is 6.54 Å². The zero-order valence-electron chi connectivity index (χ0n) is 10.2. The summed E-state index contributed by atoms with van der Waals surface area (Å²) in [5.74, 6) is -0.312. The average molecular weight is 254 g/mol. The van der Waals surface area contributed by atoms with Gasteiger partial charge in [-0.2, -0.15) is 0 Å². The van der Waals surface area contributed by atoms with Gasteiger partial charge in [0.15, 0.2) is 0 Å². The standard InChI is InChI=1S/C12H18N2O4/c15-12(16)10-7-11(18-9-10)8-13-1-2-14-3-5-17-6-4-14/h7,9,13H,1-6,8H2,(H,15,16). The monoisotopic (exact) mass is 254 g/mol. The highest BCUT2D eigenvalue weighted by Gasteiger charge is 2.10. The zero-order valence-corrected chi connectivity index (χ0v) is 10.2. The SMILES string of the molecule is O=C(O)c1coc(CNCCN2CCOCC2)c1. The van der Waals surface area contributed by atoms with E-state index in [1.807, 2.05) is 0 Å². The van der Waals surface area contributed by atoms with Crippen molar-refractivity contribution in [2.24, 2.45) is 0 Å². The molecular formula is C12H18N2O4. The summed E-state index contributed by atoms with van der Waals surface area (Å²) >= 11 is 0. The number of furan rings is 1. The van der Waals surface area contributed by atoms with Crippen LogP contribution in [-0.2, 0) is 11.3 Å². The summed E-state index contributed by atoms with van der Waals surface area (Å²) in [6, 6.07) is 1.55. The molecule has 0 spiro atoms. The van der Waals surface area contributed by atoms with Gasteiger partial charge in [-0.15, -0.1) is 0 Å². The number of carboxylic acids is 1. The Morgan fingerprint density at radius 3 is 2.89 bits per heavy atom. The Morgan fingerprint density at radius 2 is 2.22 bits per heavy atom. The van der Waals surface area contributed by atoms with Crippen molar-refractivity contribution in [3.8, 4) is 0 Å². The average Bonchev–Trinajstić information content (AvgIpc) is 2.85. The Bertz CT molecular complexity index is 385. The number of hydrogen-bond donors (Lipinski definition) is 2. The Balaban J connectivity index is 1.63. The van der Waals surface area contributed by atoms with Crippen molar-refractivity contribution in [1.29, 1.82) is 0 Å².